The van der Waals surface area contributed by atoms with Crippen molar-refractivity contribution in [2.45, 2.75) is 11.3 Å². The van der Waals surface area contributed by atoms with Crippen molar-refractivity contribution >= 4 is 31.7 Å². The summed E-state index contributed by atoms with van der Waals surface area (Å²) >= 11 is 3.18. The lowest BCUT2D eigenvalue weighted by Gasteiger charge is -2.04. The van der Waals surface area contributed by atoms with Crippen molar-refractivity contribution in [3.8, 4) is 0 Å². The summed E-state index contributed by atoms with van der Waals surface area (Å²) in [6.07, 6.45) is -0.147. The van der Waals surface area contributed by atoms with Gasteiger partial charge in [-0.05, 0) is 18.2 Å². The van der Waals surface area contributed by atoms with Crippen LogP contribution in [0.25, 0.3) is 0 Å². The molecular formula is C9H11BrN2O3S. The van der Waals surface area contributed by atoms with Crippen molar-refractivity contribution in [1.82, 2.24) is 5.43 Å². The molecule has 1 aromatic rings. The molecular weight excluding hydrogens is 296 g/mol. The molecule has 0 aliphatic rings. The maximum Gasteiger partial charge on any atom is 0.234 e. The third-order valence-corrected chi connectivity index (χ3v) is 4.12. The molecule has 0 radical (unpaired) electrons. The zero-order valence-corrected chi connectivity index (χ0v) is 10.7. The zero-order chi connectivity index (χ0) is 12.2. The van der Waals surface area contributed by atoms with Crippen LogP contribution in [0.15, 0.2) is 33.6 Å². The largest absolute Gasteiger partial charge is 0.294 e. The SMILES string of the molecule is NNC(=O)CCS(=O)(=O)c1cccc(Br)c1. The van der Waals surface area contributed by atoms with Gasteiger partial charge in [0.15, 0.2) is 9.84 Å². The summed E-state index contributed by atoms with van der Waals surface area (Å²) in [5.74, 6) is 4.10. The van der Waals surface area contributed by atoms with Crippen molar-refractivity contribution < 1.29 is 13.2 Å². The van der Waals surface area contributed by atoms with Gasteiger partial charge in [0.25, 0.3) is 0 Å². The average Bonchev–Trinajstić information content (AvgIpc) is 2.26. The highest BCUT2D eigenvalue weighted by molar-refractivity contribution is 9.10. The van der Waals surface area contributed by atoms with E-state index in [9.17, 15) is 13.2 Å². The molecule has 0 aliphatic carbocycles. The molecule has 0 aromatic heterocycles. The molecule has 1 rings (SSSR count). The lowest BCUT2D eigenvalue weighted by molar-refractivity contribution is -0.120. The summed E-state index contributed by atoms with van der Waals surface area (Å²) in [4.78, 5) is 11.0. The minimum absolute atomic E-state index is 0.147. The Hall–Kier alpha value is -0.920. The highest BCUT2D eigenvalue weighted by Gasteiger charge is 2.16. The second kappa shape index (κ2) is 5.42. The van der Waals surface area contributed by atoms with Gasteiger partial charge in [0.2, 0.25) is 5.91 Å². The number of nitrogens with one attached hydrogen (secondary N) is 1. The smallest absolute Gasteiger partial charge is 0.234 e. The first-order valence-corrected chi connectivity index (χ1v) is 6.88. The van der Waals surface area contributed by atoms with Crippen LogP contribution in [0, 0.1) is 0 Å². The summed E-state index contributed by atoms with van der Waals surface area (Å²) in [5, 5.41) is 0. The van der Waals surface area contributed by atoms with Gasteiger partial charge >= 0.3 is 0 Å². The van der Waals surface area contributed by atoms with E-state index in [1.807, 2.05) is 5.43 Å². The summed E-state index contributed by atoms with van der Waals surface area (Å²) in [6, 6.07) is 6.34. The van der Waals surface area contributed by atoms with Gasteiger partial charge in [0, 0.05) is 10.9 Å². The van der Waals surface area contributed by atoms with Gasteiger partial charge < -0.3 is 0 Å². The van der Waals surface area contributed by atoms with E-state index in [0.717, 1.165) is 0 Å². The molecule has 88 valence electrons. The molecule has 0 fully saturated rings. The second-order valence-corrected chi connectivity index (χ2v) is 6.12. The minimum atomic E-state index is -3.43. The van der Waals surface area contributed by atoms with E-state index in [1.165, 1.54) is 12.1 Å². The number of nitrogens with two attached hydrogens (primary N) is 1. The number of carbonyl (C=O) groups is 1. The number of hydrogen-bond donors (Lipinski definition) is 2. The molecule has 1 aromatic carbocycles. The molecule has 0 atom stereocenters. The van der Waals surface area contributed by atoms with Crippen LogP contribution in [-0.4, -0.2) is 20.1 Å². The van der Waals surface area contributed by atoms with Crippen LogP contribution in [0.1, 0.15) is 6.42 Å². The molecule has 0 bridgehead atoms. The summed E-state index contributed by atoms with van der Waals surface area (Å²) in [5.41, 5.74) is 1.89. The number of sulfone groups is 1. The van der Waals surface area contributed by atoms with Gasteiger partial charge in [-0.1, -0.05) is 22.0 Å². The van der Waals surface area contributed by atoms with Crippen molar-refractivity contribution in [1.29, 1.82) is 0 Å². The van der Waals surface area contributed by atoms with Crippen LogP contribution in [0.3, 0.4) is 0 Å². The third kappa shape index (κ3) is 3.58. The van der Waals surface area contributed by atoms with Crippen LogP contribution < -0.4 is 11.3 Å². The molecule has 0 spiro atoms. The van der Waals surface area contributed by atoms with Gasteiger partial charge in [-0.15, -0.1) is 0 Å². The Kier molecular flexibility index (Phi) is 4.45. The van der Waals surface area contributed by atoms with Gasteiger partial charge in [-0.2, -0.15) is 0 Å². The average molecular weight is 307 g/mol. The van der Waals surface area contributed by atoms with E-state index < -0.39 is 15.7 Å². The number of carbonyl (C=O) groups excluding carboxylic acids is 1. The van der Waals surface area contributed by atoms with E-state index in [-0.39, 0.29) is 17.1 Å². The van der Waals surface area contributed by atoms with Gasteiger partial charge in [0.1, 0.15) is 0 Å². The predicted octanol–water partition coefficient (Wildman–Crippen LogP) is 0.603. The molecule has 3 N–H and O–H groups in total. The predicted molar refractivity (Wildman–Crippen MR) is 63.1 cm³/mol. The summed E-state index contributed by atoms with van der Waals surface area (Å²) in [7, 11) is -3.43. The molecule has 0 aliphatic heterocycles. The fourth-order valence-electron chi connectivity index (χ4n) is 1.08. The maximum absolute atomic E-state index is 11.8. The molecule has 1 amide bonds. The van der Waals surface area contributed by atoms with Crippen LogP contribution in [-0.2, 0) is 14.6 Å². The Bertz CT molecular complexity index is 487. The Morgan fingerprint density at radius 1 is 1.44 bits per heavy atom. The number of rotatable bonds is 4. The number of halogens is 1. The Balaban J connectivity index is 2.82. The minimum Gasteiger partial charge on any atom is -0.294 e. The van der Waals surface area contributed by atoms with Crippen LogP contribution in [0.2, 0.25) is 0 Å². The van der Waals surface area contributed by atoms with E-state index in [4.69, 9.17) is 5.84 Å². The highest BCUT2D eigenvalue weighted by Crippen LogP contribution is 2.17. The standard InChI is InChI=1S/C9H11BrN2O3S/c10-7-2-1-3-8(6-7)16(14,15)5-4-9(13)12-11/h1-3,6H,4-5,11H2,(H,12,13). The normalized spacial score (nSPS) is 11.1. The number of benzene rings is 1. The monoisotopic (exact) mass is 306 g/mol. The first-order valence-electron chi connectivity index (χ1n) is 4.43. The van der Waals surface area contributed by atoms with Gasteiger partial charge in [-0.3, -0.25) is 10.2 Å². The fourth-order valence-corrected chi connectivity index (χ4v) is 2.91. The van der Waals surface area contributed by atoms with E-state index in [1.54, 1.807) is 12.1 Å². The van der Waals surface area contributed by atoms with Crippen LogP contribution in [0.5, 0.6) is 0 Å². The lowest BCUT2D eigenvalue weighted by atomic mass is 10.4. The quantitative estimate of drug-likeness (QED) is 0.484. The molecule has 0 unspecified atom stereocenters. The maximum atomic E-state index is 11.8. The van der Waals surface area contributed by atoms with Crippen molar-refractivity contribution in [3.05, 3.63) is 28.7 Å². The third-order valence-electron chi connectivity index (χ3n) is 1.91. The number of hydrazine groups is 1. The zero-order valence-electron chi connectivity index (χ0n) is 8.31. The molecule has 0 heterocycles. The first-order chi connectivity index (χ1) is 7.45. The second-order valence-electron chi connectivity index (χ2n) is 3.09. The number of amides is 1. The van der Waals surface area contributed by atoms with Crippen molar-refractivity contribution in [2.24, 2.45) is 5.84 Å². The topological polar surface area (TPSA) is 89.3 Å². The highest BCUT2D eigenvalue weighted by atomic mass is 79.9. The molecule has 0 saturated carbocycles. The summed E-state index contributed by atoms with van der Waals surface area (Å²) in [6.45, 7) is 0. The van der Waals surface area contributed by atoms with E-state index in [2.05, 4.69) is 15.9 Å². The van der Waals surface area contributed by atoms with E-state index in [0.29, 0.717) is 4.47 Å². The van der Waals surface area contributed by atoms with Crippen LogP contribution >= 0.6 is 15.9 Å². The first kappa shape index (κ1) is 13.1. The van der Waals surface area contributed by atoms with Crippen LogP contribution in [0.4, 0.5) is 0 Å². The van der Waals surface area contributed by atoms with Crippen molar-refractivity contribution in [2.75, 3.05) is 5.75 Å². The molecule has 16 heavy (non-hydrogen) atoms. The Morgan fingerprint density at radius 3 is 2.69 bits per heavy atom. The van der Waals surface area contributed by atoms with Crippen molar-refractivity contribution in [3.63, 3.8) is 0 Å². The Labute approximate surface area is 102 Å². The van der Waals surface area contributed by atoms with E-state index >= 15 is 0 Å². The summed E-state index contributed by atoms with van der Waals surface area (Å²) < 4.78 is 24.2. The fraction of sp³-hybridized carbons (Fsp3) is 0.222. The Morgan fingerprint density at radius 2 is 2.12 bits per heavy atom. The molecule has 7 heteroatoms. The molecule has 5 nitrogen and oxygen atoms in total. The molecule has 0 saturated heterocycles. The van der Waals surface area contributed by atoms with Gasteiger partial charge in [-0.25, -0.2) is 14.3 Å². The van der Waals surface area contributed by atoms with Gasteiger partial charge in [0.05, 0.1) is 10.6 Å². The lowest BCUT2D eigenvalue weighted by Crippen LogP contribution is -2.31. The number of hydrogen-bond acceptors (Lipinski definition) is 4.